The third kappa shape index (κ3) is 6.07. The summed E-state index contributed by atoms with van der Waals surface area (Å²) >= 11 is 3.34. The van der Waals surface area contributed by atoms with Crippen LogP contribution in [0.3, 0.4) is 0 Å². The van der Waals surface area contributed by atoms with Crippen molar-refractivity contribution in [2.45, 2.75) is 26.3 Å². The molecular weight excluding hydrogens is 310 g/mol. The molecule has 0 aromatic heterocycles. The lowest BCUT2D eigenvalue weighted by molar-refractivity contribution is -0.122. The summed E-state index contributed by atoms with van der Waals surface area (Å²) in [5, 5.41) is 11.9. The van der Waals surface area contributed by atoms with Crippen molar-refractivity contribution in [1.29, 1.82) is 0 Å². The van der Waals surface area contributed by atoms with Crippen molar-refractivity contribution in [3.05, 3.63) is 28.7 Å². The molecule has 2 N–H and O–H groups in total. The second-order valence-electron chi connectivity index (χ2n) is 4.65. The van der Waals surface area contributed by atoms with E-state index < -0.39 is 0 Å². The van der Waals surface area contributed by atoms with Gasteiger partial charge in [0.15, 0.2) is 0 Å². The van der Waals surface area contributed by atoms with Gasteiger partial charge in [-0.3, -0.25) is 4.79 Å². The van der Waals surface area contributed by atoms with E-state index in [1.807, 2.05) is 38.1 Å². The largest absolute Gasteiger partial charge is 0.493 e. The Balaban J connectivity index is 2.29. The van der Waals surface area contributed by atoms with Gasteiger partial charge in [-0.15, -0.1) is 0 Å². The number of rotatable bonds is 7. The van der Waals surface area contributed by atoms with E-state index in [1.165, 1.54) is 0 Å². The number of ether oxygens (including phenoxy) is 1. The highest BCUT2D eigenvalue weighted by atomic mass is 79.9. The van der Waals surface area contributed by atoms with E-state index in [2.05, 4.69) is 21.2 Å². The molecule has 0 spiro atoms. The Morgan fingerprint density at radius 1 is 1.37 bits per heavy atom. The van der Waals surface area contributed by atoms with Crippen molar-refractivity contribution in [2.24, 2.45) is 5.92 Å². The zero-order valence-electron chi connectivity index (χ0n) is 11.2. The summed E-state index contributed by atoms with van der Waals surface area (Å²) in [7, 11) is 0. The van der Waals surface area contributed by atoms with Gasteiger partial charge in [-0.05, 0) is 30.2 Å². The molecule has 0 saturated carbocycles. The molecule has 0 aliphatic carbocycles. The van der Waals surface area contributed by atoms with E-state index in [0.717, 1.165) is 10.2 Å². The molecule has 0 aliphatic rings. The van der Waals surface area contributed by atoms with Crippen molar-refractivity contribution in [2.75, 3.05) is 13.2 Å². The number of nitrogens with one attached hydrogen (secondary N) is 1. The number of hydrogen-bond donors (Lipinski definition) is 2. The second-order valence-corrected chi connectivity index (χ2v) is 5.57. The maximum absolute atomic E-state index is 11.7. The molecule has 0 bridgehead atoms. The lowest BCUT2D eigenvalue weighted by atomic mass is 10.1. The van der Waals surface area contributed by atoms with Crippen LogP contribution in [0.1, 0.15) is 20.3 Å². The highest BCUT2D eigenvalue weighted by Crippen LogP contribution is 2.16. The molecule has 0 unspecified atom stereocenters. The zero-order chi connectivity index (χ0) is 14.3. The van der Waals surface area contributed by atoms with E-state index in [1.54, 1.807) is 0 Å². The third-order valence-electron chi connectivity index (χ3n) is 2.76. The standard InChI is InChI=1S/C14H20BrNO3/c1-10(2)13(9-17)16-14(18)7-8-19-12-5-3-11(15)4-6-12/h3-6,10,13,17H,7-9H2,1-2H3,(H,16,18)/t13-/m1/s1. The van der Waals surface area contributed by atoms with Crippen molar-refractivity contribution < 1.29 is 14.6 Å². The van der Waals surface area contributed by atoms with Gasteiger partial charge in [0.2, 0.25) is 5.91 Å². The number of amides is 1. The highest BCUT2D eigenvalue weighted by Gasteiger charge is 2.14. The summed E-state index contributed by atoms with van der Waals surface area (Å²) in [6, 6.07) is 7.26. The summed E-state index contributed by atoms with van der Waals surface area (Å²) in [6.07, 6.45) is 0.277. The minimum atomic E-state index is -0.194. The number of benzene rings is 1. The second kappa shape index (κ2) is 8.17. The van der Waals surface area contributed by atoms with E-state index in [-0.39, 0.29) is 30.9 Å². The summed E-state index contributed by atoms with van der Waals surface area (Å²) in [5.41, 5.74) is 0. The summed E-state index contributed by atoms with van der Waals surface area (Å²) in [6.45, 7) is 4.19. The molecule has 4 nitrogen and oxygen atoms in total. The van der Waals surface area contributed by atoms with Gasteiger partial charge in [0.1, 0.15) is 5.75 Å². The third-order valence-corrected chi connectivity index (χ3v) is 3.29. The molecule has 106 valence electrons. The van der Waals surface area contributed by atoms with Crippen LogP contribution >= 0.6 is 15.9 Å². The fraction of sp³-hybridized carbons (Fsp3) is 0.500. The molecule has 0 aliphatic heterocycles. The Hall–Kier alpha value is -1.07. The molecule has 19 heavy (non-hydrogen) atoms. The number of carbonyl (C=O) groups is 1. The SMILES string of the molecule is CC(C)[C@@H](CO)NC(=O)CCOc1ccc(Br)cc1. The fourth-order valence-electron chi connectivity index (χ4n) is 1.49. The predicted octanol–water partition coefficient (Wildman–Crippen LogP) is 2.35. The zero-order valence-corrected chi connectivity index (χ0v) is 12.8. The molecule has 1 amide bonds. The lowest BCUT2D eigenvalue weighted by Crippen LogP contribution is -2.41. The van der Waals surface area contributed by atoms with Crippen LogP contribution in [0.25, 0.3) is 0 Å². The molecule has 1 aromatic carbocycles. The average Bonchev–Trinajstić information content (AvgIpc) is 2.38. The van der Waals surface area contributed by atoms with Gasteiger partial charge in [-0.25, -0.2) is 0 Å². The van der Waals surface area contributed by atoms with Gasteiger partial charge in [-0.2, -0.15) is 0 Å². The van der Waals surface area contributed by atoms with Crippen molar-refractivity contribution in [3.8, 4) is 5.75 Å². The van der Waals surface area contributed by atoms with E-state index in [4.69, 9.17) is 9.84 Å². The molecule has 0 radical (unpaired) electrons. The molecular formula is C14H20BrNO3. The highest BCUT2D eigenvalue weighted by molar-refractivity contribution is 9.10. The Morgan fingerprint density at radius 2 is 2.00 bits per heavy atom. The minimum Gasteiger partial charge on any atom is -0.493 e. The van der Waals surface area contributed by atoms with Crippen LogP contribution in [0, 0.1) is 5.92 Å². The normalized spacial score (nSPS) is 12.3. The van der Waals surface area contributed by atoms with Crippen LogP contribution in [-0.4, -0.2) is 30.3 Å². The lowest BCUT2D eigenvalue weighted by Gasteiger charge is -2.19. The predicted molar refractivity (Wildman–Crippen MR) is 78.1 cm³/mol. The Kier molecular flexibility index (Phi) is 6.87. The number of aliphatic hydroxyl groups excluding tert-OH is 1. The maximum atomic E-state index is 11.7. The first-order valence-corrected chi connectivity index (χ1v) is 7.11. The maximum Gasteiger partial charge on any atom is 0.223 e. The van der Waals surface area contributed by atoms with Crippen LogP contribution in [0.4, 0.5) is 0 Å². The minimum absolute atomic E-state index is 0.0447. The van der Waals surface area contributed by atoms with Gasteiger partial charge in [0.25, 0.3) is 0 Å². The summed E-state index contributed by atoms with van der Waals surface area (Å²) in [4.78, 5) is 11.7. The van der Waals surface area contributed by atoms with Gasteiger partial charge in [0, 0.05) is 4.47 Å². The first kappa shape index (κ1) is 16.0. The average molecular weight is 330 g/mol. The number of carbonyl (C=O) groups excluding carboxylic acids is 1. The van der Waals surface area contributed by atoms with Crippen molar-refractivity contribution in [1.82, 2.24) is 5.32 Å². The molecule has 0 fully saturated rings. The van der Waals surface area contributed by atoms with Crippen LogP contribution < -0.4 is 10.1 Å². The quantitative estimate of drug-likeness (QED) is 0.807. The molecule has 0 heterocycles. The van der Waals surface area contributed by atoms with E-state index >= 15 is 0 Å². The van der Waals surface area contributed by atoms with Gasteiger partial charge in [-0.1, -0.05) is 29.8 Å². The Morgan fingerprint density at radius 3 is 2.53 bits per heavy atom. The van der Waals surface area contributed by atoms with Crippen LogP contribution in [0.5, 0.6) is 5.75 Å². The molecule has 1 atom stereocenters. The van der Waals surface area contributed by atoms with Crippen LogP contribution in [-0.2, 0) is 4.79 Å². The first-order valence-electron chi connectivity index (χ1n) is 6.31. The Bertz CT molecular complexity index is 392. The summed E-state index contributed by atoms with van der Waals surface area (Å²) in [5.74, 6) is 0.838. The van der Waals surface area contributed by atoms with Gasteiger partial charge >= 0.3 is 0 Å². The van der Waals surface area contributed by atoms with E-state index in [9.17, 15) is 4.79 Å². The van der Waals surface area contributed by atoms with Gasteiger partial charge < -0.3 is 15.2 Å². The van der Waals surface area contributed by atoms with E-state index in [0.29, 0.717) is 6.61 Å². The fourth-order valence-corrected chi connectivity index (χ4v) is 1.76. The van der Waals surface area contributed by atoms with Gasteiger partial charge in [0.05, 0.1) is 25.7 Å². The number of aliphatic hydroxyl groups is 1. The van der Waals surface area contributed by atoms with Crippen molar-refractivity contribution >= 4 is 21.8 Å². The Labute approximate surface area is 122 Å². The van der Waals surface area contributed by atoms with Crippen molar-refractivity contribution in [3.63, 3.8) is 0 Å². The number of halogens is 1. The monoisotopic (exact) mass is 329 g/mol. The summed E-state index contributed by atoms with van der Waals surface area (Å²) < 4.78 is 6.45. The first-order chi connectivity index (χ1) is 9.02. The molecule has 1 aromatic rings. The number of hydrogen-bond acceptors (Lipinski definition) is 3. The van der Waals surface area contributed by atoms with Crippen LogP contribution in [0.15, 0.2) is 28.7 Å². The molecule has 1 rings (SSSR count). The molecule has 5 heteroatoms. The molecule has 0 saturated heterocycles. The topological polar surface area (TPSA) is 58.6 Å². The smallest absolute Gasteiger partial charge is 0.223 e. The van der Waals surface area contributed by atoms with Crippen LogP contribution in [0.2, 0.25) is 0 Å².